The van der Waals surface area contributed by atoms with E-state index in [0.29, 0.717) is 17.3 Å². The fourth-order valence-electron chi connectivity index (χ4n) is 3.46. The van der Waals surface area contributed by atoms with Crippen molar-refractivity contribution in [3.63, 3.8) is 0 Å². The van der Waals surface area contributed by atoms with E-state index in [2.05, 4.69) is 43.3 Å². The Morgan fingerprint density at radius 1 is 1.21 bits per heavy atom. The van der Waals surface area contributed by atoms with Crippen molar-refractivity contribution in [1.82, 2.24) is 15.6 Å². The summed E-state index contributed by atoms with van der Waals surface area (Å²) in [7, 11) is 0. The second-order valence-corrected chi connectivity index (χ2v) is 8.54. The molecule has 3 rings (SSSR count). The number of hydrogen-bond donors (Lipinski definition) is 2. The number of hydrogen-bond acceptors (Lipinski definition) is 3. The summed E-state index contributed by atoms with van der Waals surface area (Å²) in [5.74, 6) is -0.897. The summed E-state index contributed by atoms with van der Waals surface area (Å²) < 4.78 is 29.7. The Labute approximate surface area is 166 Å². The Kier molecular flexibility index (Phi) is 5.73. The summed E-state index contributed by atoms with van der Waals surface area (Å²) in [6.45, 7) is 10.2. The number of rotatable bonds is 5. The van der Waals surface area contributed by atoms with Gasteiger partial charge in [-0.15, -0.1) is 0 Å². The molecule has 1 aliphatic heterocycles. The fraction of sp³-hybridized carbons (Fsp3) is 0.435. The lowest BCUT2D eigenvalue weighted by Gasteiger charge is -2.20. The molecule has 0 saturated heterocycles. The molecule has 1 aromatic carbocycles. The maximum atomic E-state index is 14.9. The van der Waals surface area contributed by atoms with Gasteiger partial charge in [0, 0.05) is 41.7 Å². The first-order valence-electron chi connectivity index (χ1n) is 9.86. The van der Waals surface area contributed by atoms with E-state index < -0.39 is 11.6 Å². The molecular weight excluding hydrogens is 356 g/mol. The molecule has 28 heavy (non-hydrogen) atoms. The molecule has 1 aromatic heterocycles. The van der Waals surface area contributed by atoms with Crippen LogP contribution < -0.4 is 10.6 Å². The van der Waals surface area contributed by atoms with Crippen molar-refractivity contribution in [2.45, 2.75) is 65.0 Å². The Hall–Kier alpha value is -2.43. The van der Waals surface area contributed by atoms with Gasteiger partial charge in [0.25, 0.3) is 0 Å². The van der Waals surface area contributed by atoms with Gasteiger partial charge in [-0.05, 0) is 48.6 Å². The molecule has 2 unspecified atom stereocenters. The monoisotopic (exact) mass is 385 g/mol. The fourth-order valence-corrected chi connectivity index (χ4v) is 3.46. The third-order valence-corrected chi connectivity index (χ3v) is 5.31. The van der Waals surface area contributed by atoms with Gasteiger partial charge in [-0.2, -0.15) is 0 Å². The van der Waals surface area contributed by atoms with Crippen LogP contribution in [-0.2, 0) is 5.41 Å². The largest absolute Gasteiger partial charge is 0.386 e. The van der Waals surface area contributed by atoms with E-state index in [0.717, 1.165) is 24.1 Å². The van der Waals surface area contributed by atoms with E-state index in [1.165, 1.54) is 12.1 Å². The average Bonchev–Trinajstić information content (AvgIpc) is 3.10. The Morgan fingerprint density at radius 3 is 2.61 bits per heavy atom. The van der Waals surface area contributed by atoms with Crippen molar-refractivity contribution in [1.29, 1.82) is 0 Å². The van der Waals surface area contributed by atoms with Crippen molar-refractivity contribution in [3.05, 3.63) is 65.1 Å². The van der Waals surface area contributed by atoms with Crippen LogP contribution in [0.2, 0.25) is 0 Å². The second-order valence-electron chi connectivity index (χ2n) is 8.54. The molecule has 3 nitrogen and oxygen atoms in total. The Balaban J connectivity index is 1.85. The average molecular weight is 386 g/mol. The first-order chi connectivity index (χ1) is 13.2. The van der Waals surface area contributed by atoms with Crippen LogP contribution in [0, 0.1) is 11.6 Å². The summed E-state index contributed by atoms with van der Waals surface area (Å²) >= 11 is 0. The van der Waals surface area contributed by atoms with Crippen LogP contribution in [0.3, 0.4) is 0 Å². The number of benzene rings is 1. The lowest BCUT2D eigenvalue weighted by atomic mass is 9.87. The van der Waals surface area contributed by atoms with E-state index in [4.69, 9.17) is 0 Å². The zero-order valence-corrected chi connectivity index (χ0v) is 17.2. The molecular formula is C23H29F2N3. The van der Waals surface area contributed by atoms with Crippen LogP contribution in [0.15, 0.2) is 42.4 Å². The summed E-state index contributed by atoms with van der Waals surface area (Å²) in [5, 5.41) is 6.58. The van der Waals surface area contributed by atoms with Gasteiger partial charge in [-0.1, -0.05) is 27.7 Å². The summed E-state index contributed by atoms with van der Waals surface area (Å²) in [4.78, 5) is 4.26. The summed E-state index contributed by atoms with van der Waals surface area (Å²) in [5.41, 5.74) is 2.90. The second kappa shape index (κ2) is 7.90. The molecule has 0 aliphatic carbocycles. The molecule has 0 radical (unpaired) electrons. The van der Waals surface area contributed by atoms with Crippen LogP contribution in [0.4, 0.5) is 8.78 Å². The van der Waals surface area contributed by atoms with Crippen LogP contribution in [0.5, 0.6) is 0 Å². The first kappa shape index (κ1) is 20.3. The van der Waals surface area contributed by atoms with Gasteiger partial charge in [0.15, 0.2) is 0 Å². The predicted octanol–water partition coefficient (Wildman–Crippen LogP) is 5.59. The highest BCUT2D eigenvalue weighted by Crippen LogP contribution is 2.30. The van der Waals surface area contributed by atoms with E-state index in [9.17, 15) is 8.78 Å². The van der Waals surface area contributed by atoms with Crippen molar-refractivity contribution in [2.75, 3.05) is 0 Å². The third-order valence-electron chi connectivity index (χ3n) is 5.31. The van der Waals surface area contributed by atoms with Crippen molar-refractivity contribution >= 4 is 0 Å². The summed E-state index contributed by atoms with van der Waals surface area (Å²) in [6, 6.07) is 6.35. The normalized spacial score (nSPS) is 17.8. The molecule has 2 atom stereocenters. The zero-order chi connectivity index (χ0) is 20.5. The molecule has 0 bridgehead atoms. The van der Waals surface area contributed by atoms with Crippen molar-refractivity contribution in [2.24, 2.45) is 0 Å². The standard InChI is InChI=1S/C23H29F2N3/c1-6-16-10-17(13-27-16)28-14(2)18-11-21(25)19(12-20(18)24)22-9-15(7-8-26-22)23(3,4)5/h7-9,11-14,16,27-28H,6,10H2,1-5H3. The van der Waals surface area contributed by atoms with Gasteiger partial charge in [0.2, 0.25) is 0 Å². The smallest absolute Gasteiger partial charge is 0.133 e. The third kappa shape index (κ3) is 4.34. The molecule has 2 heterocycles. The number of nitrogens with zero attached hydrogens (tertiary/aromatic N) is 1. The first-order valence-corrected chi connectivity index (χ1v) is 9.86. The SMILES string of the molecule is CCC1CC(NC(C)c2cc(F)c(-c3cc(C(C)(C)C)ccn3)cc2F)=CN1. The molecule has 0 fully saturated rings. The topological polar surface area (TPSA) is 37.0 Å². The van der Waals surface area contributed by atoms with Crippen molar-refractivity contribution < 1.29 is 8.78 Å². The minimum atomic E-state index is -0.464. The quantitative estimate of drug-likeness (QED) is 0.705. The highest BCUT2D eigenvalue weighted by Gasteiger charge is 2.21. The summed E-state index contributed by atoms with van der Waals surface area (Å²) in [6.07, 6.45) is 5.46. The number of halogens is 2. The molecule has 1 aliphatic rings. The van der Waals surface area contributed by atoms with Gasteiger partial charge in [0.05, 0.1) is 11.7 Å². The highest BCUT2D eigenvalue weighted by molar-refractivity contribution is 5.62. The van der Waals surface area contributed by atoms with Gasteiger partial charge < -0.3 is 10.6 Å². The molecule has 0 spiro atoms. The predicted molar refractivity (Wildman–Crippen MR) is 110 cm³/mol. The van der Waals surface area contributed by atoms with E-state index in [-0.39, 0.29) is 17.0 Å². The van der Waals surface area contributed by atoms with Gasteiger partial charge in [0.1, 0.15) is 11.6 Å². The van der Waals surface area contributed by atoms with Crippen LogP contribution in [-0.4, -0.2) is 11.0 Å². The number of aromatic nitrogens is 1. The number of nitrogens with one attached hydrogen (secondary N) is 2. The Bertz CT molecular complexity index is 884. The van der Waals surface area contributed by atoms with E-state index in [1.54, 1.807) is 6.20 Å². The maximum Gasteiger partial charge on any atom is 0.133 e. The van der Waals surface area contributed by atoms with Gasteiger partial charge >= 0.3 is 0 Å². The highest BCUT2D eigenvalue weighted by atomic mass is 19.1. The minimum Gasteiger partial charge on any atom is -0.386 e. The van der Waals surface area contributed by atoms with E-state index in [1.807, 2.05) is 25.3 Å². The molecule has 0 amide bonds. The van der Waals surface area contributed by atoms with Crippen LogP contribution in [0.25, 0.3) is 11.3 Å². The zero-order valence-electron chi connectivity index (χ0n) is 17.2. The molecule has 0 saturated carbocycles. The molecule has 2 N–H and O–H groups in total. The molecule has 5 heteroatoms. The lowest BCUT2D eigenvalue weighted by molar-refractivity contribution is 0.535. The van der Waals surface area contributed by atoms with E-state index >= 15 is 0 Å². The lowest BCUT2D eigenvalue weighted by Crippen LogP contribution is -2.20. The van der Waals surface area contributed by atoms with Crippen LogP contribution in [0.1, 0.15) is 64.6 Å². The molecule has 150 valence electrons. The van der Waals surface area contributed by atoms with Crippen molar-refractivity contribution in [3.8, 4) is 11.3 Å². The molecule has 2 aromatic rings. The van der Waals surface area contributed by atoms with Gasteiger partial charge in [-0.25, -0.2) is 8.78 Å². The minimum absolute atomic E-state index is 0.0928. The van der Waals surface area contributed by atoms with Gasteiger partial charge in [-0.3, -0.25) is 4.98 Å². The maximum absolute atomic E-state index is 14.9. The number of pyridine rings is 1. The van der Waals surface area contributed by atoms with Crippen LogP contribution >= 0.6 is 0 Å². The Morgan fingerprint density at radius 2 is 1.96 bits per heavy atom.